The number of aromatic hydroxyl groups is 1. The number of fused-ring (bicyclic) bond motifs is 1. The minimum absolute atomic E-state index is 0.0859. The zero-order valence-corrected chi connectivity index (χ0v) is 14.0. The van der Waals surface area contributed by atoms with Crippen LogP contribution in [0, 0.1) is 0 Å². The number of carboxylic acid groups (broad SMARTS) is 1. The van der Waals surface area contributed by atoms with Crippen LogP contribution in [0.2, 0.25) is 0 Å². The fraction of sp³-hybridized carbons (Fsp3) is 0. The molecule has 0 spiro atoms. The van der Waals surface area contributed by atoms with E-state index >= 15 is 0 Å². The third-order valence-corrected chi connectivity index (χ3v) is 4.36. The van der Waals surface area contributed by atoms with E-state index < -0.39 is 5.97 Å². The fourth-order valence-electron chi connectivity index (χ4n) is 2.98. The molecular weight excluding hydrogens is 344 g/mol. The van der Waals surface area contributed by atoms with Gasteiger partial charge in [-0.25, -0.2) is 9.48 Å². The van der Waals surface area contributed by atoms with Gasteiger partial charge in [-0.1, -0.05) is 30.3 Å². The third kappa shape index (κ3) is 2.93. The predicted octanol–water partition coefficient (Wildman–Crippen LogP) is 3.66. The maximum Gasteiger partial charge on any atom is 0.335 e. The summed E-state index contributed by atoms with van der Waals surface area (Å²) in [5.74, 6) is -1.43. The van der Waals surface area contributed by atoms with Crippen LogP contribution in [0.25, 0.3) is 16.5 Å². The Morgan fingerprint density at radius 3 is 2.37 bits per heavy atom. The molecule has 0 fully saturated rings. The second-order valence-electron chi connectivity index (χ2n) is 6.04. The summed E-state index contributed by atoms with van der Waals surface area (Å²) in [6.07, 6.45) is 2.98. The Bertz CT molecular complexity index is 1180. The number of ketones is 1. The zero-order valence-electron chi connectivity index (χ0n) is 14.0. The first-order valence-electron chi connectivity index (χ1n) is 8.18. The predicted molar refractivity (Wildman–Crippen MR) is 99.6 cm³/mol. The average molecular weight is 358 g/mol. The van der Waals surface area contributed by atoms with E-state index in [9.17, 15) is 14.7 Å². The van der Waals surface area contributed by atoms with Gasteiger partial charge in [-0.15, -0.1) is 0 Å². The molecule has 0 aliphatic rings. The second kappa shape index (κ2) is 6.42. The minimum atomic E-state index is -1.01. The molecule has 0 bridgehead atoms. The number of nitrogens with zero attached hydrogens (tertiary/aromatic N) is 2. The zero-order chi connectivity index (χ0) is 19.0. The number of carboxylic acids is 1. The SMILES string of the molecule is O=C(O)c1ccc(-n2cc(C(=O)c3c(O)ccc4ccccc34)cn2)cc1. The van der Waals surface area contributed by atoms with E-state index in [4.69, 9.17) is 5.11 Å². The van der Waals surface area contributed by atoms with E-state index in [-0.39, 0.29) is 22.7 Å². The summed E-state index contributed by atoms with van der Waals surface area (Å²) in [5.41, 5.74) is 1.35. The largest absolute Gasteiger partial charge is 0.507 e. The van der Waals surface area contributed by atoms with Gasteiger partial charge in [0.05, 0.1) is 28.6 Å². The van der Waals surface area contributed by atoms with Crippen molar-refractivity contribution in [1.82, 2.24) is 9.78 Å². The van der Waals surface area contributed by atoms with Crippen molar-refractivity contribution in [3.63, 3.8) is 0 Å². The smallest absolute Gasteiger partial charge is 0.335 e. The van der Waals surface area contributed by atoms with E-state index in [1.807, 2.05) is 18.2 Å². The number of aromatic carboxylic acids is 1. The molecule has 0 aliphatic heterocycles. The van der Waals surface area contributed by atoms with Crippen molar-refractivity contribution in [2.45, 2.75) is 0 Å². The number of hydrogen-bond donors (Lipinski definition) is 2. The van der Waals surface area contributed by atoms with Gasteiger partial charge in [0.25, 0.3) is 0 Å². The molecule has 6 nitrogen and oxygen atoms in total. The Balaban J connectivity index is 1.73. The van der Waals surface area contributed by atoms with Crippen molar-refractivity contribution in [1.29, 1.82) is 0 Å². The van der Waals surface area contributed by atoms with Gasteiger partial charge in [-0.3, -0.25) is 4.79 Å². The number of phenols is 1. The van der Waals surface area contributed by atoms with Gasteiger partial charge in [0.1, 0.15) is 5.75 Å². The van der Waals surface area contributed by atoms with Crippen LogP contribution in [0.4, 0.5) is 0 Å². The molecule has 0 saturated heterocycles. The Morgan fingerprint density at radius 2 is 1.63 bits per heavy atom. The molecule has 0 amide bonds. The molecule has 0 radical (unpaired) electrons. The van der Waals surface area contributed by atoms with Crippen LogP contribution in [0.3, 0.4) is 0 Å². The molecule has 1 aromatic heterocycles. The monoisotopic (exact) mass is 358 g/mol. The van der Waals surface area contributed by atoms with Crippen molar-refractivity contribution >= 4 is 22.5 Å². The summed E-state index contributed by atoms with van der Waals surface area (Å²) in [5, 5.41) is 24.9. The summed E-state index contributed by atoms with van der Waals surface area (Å²) in [6, 6.07) is 16.8. The fourth-order valence-corrected chi connectivity index (χ4v) is 2.98. The van der Waals surface area contributed by atoms with E-state index in [0.717, 1.165) is 5.39 Å². The highest BCUT2D eigenvalue weighted by atomic mass is 16.4. The first-order valence-corrected chi connectivity index (χ1v) is 8.18. The summed E-state index contributed by atoms with van der Waals surface area (Å²) in [7, 11) is 0. The van der Waals surface area contributed by atoms with Gasteiger partial charge in [-0.05, 0) is 41.1 Å². The van der Waals surface area contributed by atoms with E-state index in [0.29, 0.717) is 16.6 Å². The van der Waals surface area contributed by atoms with Gasteiger partial charge >= 0.3 is 5.97 Å². The van der Waals surface area contributed by atoms with Crippen LogP contribution in [0.15, 0.2) is 73.1 Å². The van der Waals surface area contributed by atoms with Gasteiger partial charge in [0.2, 0.25) is 5.78 Å². The van der Waals surface area contributed by atoms with Crippen LogP contribution in [-0.2, 0) is 0 Å². The van der Waals surface area contributed by atoms with Crippen LogP contribution >= 0.6 is 0 Å². The van der Waals surface area contributed by atoms with Gasteiger partial charge in [-0.2, -0.15) is 5.10 Å². The normalized spacial score (nSPS) is 10.8. The standard InChI is InChI=1S/C21H14N2O4/c24-18-10-7-13-3-1-2-4-17(13)19(18)20(25)15-11-22-23(12-15)16-8-5-14(6-9-16)21(26)27/h1-12,24H,(H,26,27). The Hall–Kier alpha value is -3.93. The second-order valence-corrected chi connectivity index (χ2v) is 6.04. The highest BCUT2D eigenvalue weighted by molar-refractivity contribution is 6.18. The summed E-state index contributed by atoms with van der Waals surface area (Å²) in [4.78, 5) is 23.9. The van der Waals surface area contributed by atoms with Crippen molar-refractivity contribution < 1.29 is 19.8 Å². The number of hydrogen-bond acceptors (Lipinski definition) is 4. The summed E-state index contributed by atoms with van der Waals surface area (Å²) in [6.45, 7) is 0. The molecular formula is C21H14N2O4. The summed E-state index contributed by atoms with van der Waals surface area (Å²) >= 11 is 0. The lowest BCUT2D eigenvalue weighted by molar-refractivity contribution is 0.0696. The topological polar surface area (TPSA) is 92.4 Å². The number of rotatable bonds is 4. The molecule has 4 aromatic rings. The van der Waals surface area contributed by atoms with Crippen LogP contribution in [0.5, 0.6) is 5.75 Å². The third-order valence-electron chi connectivity index (χ3n) is 4.36. The molecule has 2 N–H and O–H groups in total. The molecule has 132 valence electrons. The van der Waals surface area contributed by atoms with Crippen LogP contribution < -0.4 is 0 Å². The number of carbonyl (C=O) groups is 2. The molecule has 27 heavy (non-hydrogen) atoms. The van der Waals surface area contributed by atoms with Crippen molar-refractivity contribution in [2.75, 3.05) is 0 Å². The molecule has 0 atom stereocenters. The molecule has 4 rings (SSSR count). The van der Waals surface area contributed by atoms with Gasteiger partial charge in [0, 0.05) is 6.20 Å². The first kappa shape index (κ1) is 16.5. The summed E-state index contributed by atoms with van der Waals surface area (Å²) < 4.78 is 1.49. The maximum atomic E-state index is 13.0. The molecule has 3 aromatic carbocycles. The lowest BCUT2D eigenvalue weighted by Crippen LogP contribution is -2.02. The Labute approximate surface area is 153 Å². The number of benzene rings is 3. The quantitative estimate of drug-likeness (QED) is 0.543. The number of aromatic nitrogens is 2. The Morgan fingerprint density at radius 1 is 0.889 bits per heavy atom. The van der Waals surface area contributed by atoms with Crippen molar-refractivity contribution in [3.8, 4) is 11.4 Å². The van der Waals surface area contributed by atoms with Crippen LogP contribution in [0.1, 0.15) is 26.3 Å². The molecule has 1 heterocycles. The minimum Gasteiger partial charge on any atom is -0.507 e. The maximum absolute atomic E-state index is 13.0. The highest BCUT2D eigenvalue weighted by Gasteiger charge is 2.19. The van der Waals surface area contributed by atoms with Crippen LogP contribution in [-0.4, -0.2) is 31.7 Å². The van der Waals surface area contributed by atoms with Gasteiger partial charge < -0.3 is 10.2 Å². The molecule has 0 saturated carbocycles. The first-order chi connectivity index (χ1) is 13.0. The molecule has 6 heteroatoms. The Kier molecular flexibility index (Phi) is 3.93. The van der Waals surface area contributed by atoms with Crippen molar-refractivity contribution in [3.05, 3.63) is 89.7 Å². The van der Waals surface area contributed by atoms with Crippen molar-refractivity contribution in [2.24, 2.45) is 0 Å². The molecule has 0 aliphatic carbocycles. The van der Waals surface area contributed by atoms with E-state index in [1.54, 1.807) is 30.5 Å². The molecule has 0 unspecified atom stereocenters. The van der Waals surface area contributed by atoms with E-state index in [1.165, 1.54) is 29.1 Å². The van der Waals surface area contributed by atoms with Gasteiger partial charge in [0.15, 0.2) is 0 Å². The average Bonchev–Trinajstić information content (AvgIpc) is 3.18. The number of carbonyl (C=O) groups excluding carboxylic acids is 1. The lowest BCUT2D eigenvalue weighted by Gasteiger charge is -2.07. The lowest BCUT2D eigenvalue weighted by atomic mass is 9.98. The number of phenolic OH excluding ortho intramolecular Hbond substituents is 1. The highest BCUT2D eigenvalue weighted by Crippen LogP contribution is 2.29. The van der Waals surface area contributed by atoms with E-state index in [2.05, 4.69) is 5.10 Å².